The quantitative estimate of drug-likeness (QED) is 0.781. The van der Waals surface area contributed by atoms with Crippen LogP contribution in [0.2, 0.25) is 0 Å². The van der Waals surface area contributed by atoms with E-state index in [1.165, 1.54) is 30.5 Å². The fraction of sp³-hybridized carbons (Fsp3) is 0.600. The van der Waals surface area contributed by atoms with Crippen LogP contribution >= 0.6 is 0 Å². The van der Waals surface area contributed by atoms with Crippen molar-refractivity contribution in [2.24, 2.45) is 11.8 Å². The first-order valence-electron chi connectivity index (χ1n) is 6.49. The Labute approximate surface area is 99.3 Å². The van der Waals surface area contributed by atoms with Crippen LogP contribution in [-0.4, -0.2) is 6.04 Å². The lowest BCUT2D eigenvalue weighted by Gasteiger charge is -2.34. The van der Waals surface area contributed by atoms with Gasteiger partial charge in [-0.1, -0.05) is 32.0 Å². The molecular weight excluding hydrogens is 194 g/mol. The topological polar surface area (TPSA) is 12.0 Å². The zero-order valence-electron chi connectivity index (χ0n) is 10.7. The van der Waals surface area contributed by atoms with Crippen LogP contribution in [0.1, 0.15) is 38.7 Å². The Morgan fingerprint density at radius 1 is 1.12 bits per heavy atom. The summed E-state index contributed by atoms with van der Waals surface area (Å²) in [5.74, 6) is 1.70. The van der Waals surface area contributed by atoms with Crippen molar-refractivity contribution >= 4 is 5.69 Å². The maximum Gasteiger partial charge on any atom is 0.0372 e. The molecule has 1 aliphatic rings. The Balaban J connectivity index is 2.02. The molecule has 0 saturated heterocycles. The molecule has 1 nitrogen and oxygen atoms in total. The van der Waals surface area contributed by atoms with Crippen molar-refractivity contribution in [3.63, 3.8) is 0 Å². The third-order valence-electron chi connectivity index (χ3n) is 3.92. The van der Waals surface area contributed by atoms with Crippen LogP contribution in [0.15, 0.2) is 24.3 Å². The minimum absolute atomic E-state index is 0.664. The van der Waals surface area contributed by atoms with Crippen LogP contribution in [0, 0.1) is 18.8 Å². The fourth-order valence-electron chi connectivity index (χ4n) is 2.81. The van der Waals surface area contributed by atoms with E-state index >= 15 is 0 Å². The molecule has 1 aromatic carbocycles. The molecule has 3 atom stereocenters. The van der Waals surface area contributed by atoms with Gasteiger partial charge in [0, 0.05) is 11.7 Å². The van der Waals surface area contributed by atoms with Crippen LogP contribution in [0.3, 0.4) is 0 Å². The summed E-state index contributed by atoms with van der Waals surface area (Å²) in [6.07, 6.45) is 4.05. The highest BCUT2D eigenvalue weighted by Crippen LogP contribution is 2.31. The average Bonchev–Trinajstić information content (AvgIpc) is 2.25. The molecule has 0 heterocycles. The van der Waals surface area contributed by atoms with Gasteiger partial charge in [0.2, 0.25) is 0 Å². The lowest BCUT2D eigenvalue weighted by Crippen LogP contribution is -2.33. The minimum atomic E-state index is 0.664. The molecule has 1 fully saturated rings. The molecule has 0 amide bonds. The lowest BCUT2D eigenvalue weighted by molar-refractivity contribution is 0.276. The molecule has 16 heavy (non-hydrogen) atoms. The Bertz CT molecular complexity index is 345. The van der Waals surface area contributed by atoms with Crippen LogP contribution in [0.4, 0.5) is 5.69 Å². The number of hydrogen-bond donors (Lipinski definition) is 1. The summed E-state index contributed by atoms with van der Waals surface area (Å²) < 4.78 is 0. The molecule has 3 unspecified atom stereocenters. The smallest absolute Gasteiger partial charge is 0.0372 e. The van der Waals surface area contributed by atoms with E-state index in [0.29, 0.717) is 6.04 Å². The van der Waals surface area contributed by atoms with Crippen LogP contribution in [0.5, 0.6) is 0 Å². The summed E-state index contributed by atoms with van der Waals surface area (Å²) in [5.41, 5.74) is 2.67. The SMILES string of the molecule is Cc1ccccc1NC1CCC(C)CC1C. The Hall–Kier alpha value is -0.980. The molecule has 0 radical (unpaired) electrons. The van der Waals surface area contributed by atoms with E-state index in [4.69, 9.17) is 0 Å². The van der Waals surface area contributed by atoms with E-state index in [9.17, 15) is 0 Å². The number of aryl methyl sites for hydroxylation is 1. The molecule has 0 aliphatic heterocycles. The molecule has 0 spiro atoms. The summed E-state index contributed by atoms with van der Waals surface area (Å²) in [6, 6.07) is 9.26. The number of anilines is 1. The van der Waals surface area contributed by atoms with Gasteiger partial charge in [-0.2, -0.15) is 0 Å². The molecular formula is C15H23N. The third kappa shape index (κ3) is 2.58. The minimum Gasteiger partial charge on any atom is -0.382 e. The number of benzene rings is 1. The van der Waals surface area contributed by atoms with Gasteiger partial charge in [0.25, 0.3) is 0 Å². The maximum atomic E-state index is 3.72. The second-order valence-electron chi connectivity index (χ2n) is 5.46. The Morgan fingerprint density at radius 2 is 1.88 bits per heavy atom. The van der Waals surface area contributed by atoms with E-state index in [1.54, 1.807) is 0 Å². The molecule has 1 aliphatic carbocycles. The highest BCUT2D eigenvalue weighted by atomic mass is 14.9. The summed E-state index contributed by atoms with van der Waals surface area (Å²) >= 11 is 0. The summed E-state index contributed by atoms with van der Waals surface area (Å²) in [6.45, 7) is 6.94. The Kier molecular flexibility index (Phi) is 3.52. The number of rotatable bonds is 2. The predicted octanol–water partition coefficient (Wildman–Crippen LogP) is 4.23. The molecule has 0 aromatic heterocycles. The van der Waals surface area contributed by atoms with Crippen molar-refractivity contribution in [1.82, 2.24) is 0 Å². The van der Waals surface area contributed by atoms with E-state index in [0.717, 1.165) is 11.8 Å². The van der Waals surface area contributed by atoms with Gasteiger partial charge in [-0.25, -0.2) is 0 Å². The highest BCUT2D eigenvalue weighted by Gasteiger charge is 2.25. The van der Waals surface area contributed by atoms with E-state index in [1.807, 2.05) is 0 Å². The second kappa shape index (κ2) is 4.90. The molecule has 1 saturated carbocycles. The van der Waals surface area contributed by atoms with Crippen LogP contribution in [0.25, 0.3) is 0 Å². The number of para-hydroxylation sites is 1. The normalized spacial score (nSPS) is 30.1. The molecule has 1 N–H and O–H groups in total. The summed E-state index contributed by atoms with van der Waals surface area (Å²) in [5, 5.41) is 3.72. The van der Waals surface area contributed by atoms with Gasteiger partial charge in [0.1, 0.15) is 0 Å². The largest absolute Gasteiger partial charge is 0.382 e. The summed E-state index contributed by atoms with van der Waals surface area (Å²) in [4.78, 5) is 0. The van der Waals surface area contributed by atoms with Gasteiger partial charge in [-0.3, -0.25) is 0 Å². The zero-order valence-corrected chi connectivity index (χ0v) is 10.7. The van der Waals surface area contributed by atoms with Crippen LogP contribution in [-0.2, 0) is 0 Å². The molecule has 88 valence electrons. The van der Waals surface area contributed by atoms with E-state index in [-0.39, 0.29) is 0 Å². The Morgan fingerprint density at radius 3 is 2.56 bits per heavy atom. The average molecular weight is 217 g/mol. The fourth-order valence-corrected chi connectivity index (χ4v) is 2.81. The van der Waals surface area contributed by atoms with Crippen molar-refractivity contribution in [2.45, 2.75) is 46.1 Å². The third-order valence-corrected chi connectivity index (χ3v) is 3.92. The first kappa shape index (κ1) is 11.5. The second-order valence-corrected chi connectivity index (χ2v) is 5.46. The van der Waals surface area contributed by atoms with Crippen molar-refractivity contribution in [3.8, 4) is 0 Å². The lowest BCUT2D eigenvalue weighted by atomic mass is 9.80. The first-order valence-corrected chi connectivity index (χ1v) is 6.49. The first-order chi connectivity index (χ1) is 7.66. The monoisotopic (exact) mass is 217 g/mol. The van der Waals surface area contributed by atoms with Gasteiger partial charge in [-0.15, -0.1) is 0 Å². The van der Waals surface area contributed by atoms with Gasteiger partial charge in [0.05, 0.1) is 0 Å². The number of hydrogen-bond acceptors (Lipinski definition) is 1. The van der Waals surface area contributed by atoms with E-state index < -0.39 is 0 Å². The van der Waals surface area contributed by atoms with Crippen molar-refractivity contribution in [1.29, 1.82) is 0 Å². The van der Waals surface area contributed by atoms with Crippen LogP contribution < -0.4 is 5.32 Å². The van der Waals surface area contributed by atoms with E-state index in [2.05, 4.69) is 50.4 Å². The van der Waals surface area contributed by atoms with Gasteiger partial charge < -0.3 is 5.32 Å². The molecule has 1 aromatic rings. The van der Waals surface area contributed by atoms with Crippen molar-refractivity contribution in [3.05, 3.63) is 29.8 Å². The molecule has 2 rings (SSSR count). The highest BCUT2D eigenvalue weighted by molar-refractivity contribution is 5.51. The van der Waals surface area contributed by atoms with Crippen molar-refractivity contribution in [2.75, 3.05) is 5.32 Å². The molecule has 1 heteroatoms. The van der Waals surface area contributed by atoms with Gasteiger partial charge in [-0.05, 0) is 49.7 Å². The van der Waals surface area contributed by atoms with Gasteiger partial charge in [0.15, 0.2) is 0 Å². The maximum absolute atomic E-state index is 3.72. The van der Waals surface area contributed by atoms with Gasteiger partial charge >= 0.3 is 0 Å². The molecule has 0 bridgehead atoms. The summed E-state index contributed by atoms with van der Waals surface area (Å²) in [7, 11) is 0. The standard InChI is InChI=1S/C15H23N/c1-11-8-9-15(13(3)10-11)16-14-7-5-4-6-12(14)2/h4-7,11,13,15-16H,8-10H2,1-3H3. The predicted molar refractivity (Wildman–Crippen MR) is 70.8 cm³/mol. The van der Waals surface area contributed by atoms with Crippen molar-refractivity contribution < 1.29 is 0 Å². The number of nitrogens with one attached hydrogen (secondary N) is 1. The zero-order chi connectivity index (χ0) is 11.5.